The van der Waals surface area contributed by atoms with Crippen LogP contribution in [0.1, 0.15) is 5.56 Å². The summed E-state index contributed by atoms with van der Waals surface area (Å²) in [5, 5.41) is 2.46. The van der Waals surface area contributed by atoms with Gasteiger partial charge in [0.2, 0.25) is 15.9 Å². The van der Waals surface area contributed by atoms with Gasteiger partial charge in [0.1, 0.15) is 0 Å². The van der Waals surface area contributed by atoms with Crippen molar-refractivity contribution in [3.8, 4) is 0 Å². The van der Waals surface area contributed by atoms with E-state index in [-0.39, 0.29) is 21.2 Å². The third-order valence-corrected chi connectivity index (χ3v) is 7.53. The molecule has 1 amide bonds. The van der Waals surface area contributed by atoms with Crippen LogP contribution < -0.4 is 10.0 Å². The van der Waals surface area contributed by atoms with Crippen molar-refractivity contribution in [1.29, 1.82) is 0 Å². The zero-order valence-electron chi connectivity index (χ0n) is 16.8. The molecule has 2 rings (SSSR count). The van der Waals surface area contributed by atoms with E-state index in [1.54, 1.807) is 6.92 Å². The van der Waals surface area contributed by atoms with Crippen LogP contribution in [0.25, 0.3) is 0 Å². The number of alkyl halides is 2. The van der Waals surface area contributed by atoms with Crippen molar-refractivity contribution in [2.45, 2.75) is 22.5 Å². The van der Waals surface area contributed by atoms with E-state index in [0.29, 0.717) is 17.3 Å². The molecule has 0 aromatic heterocycles. The van der Waals surface area contributed by atoms with Crippen molar-refractivity contribution in [2.75, 3.05) is 29.9 Å². The lowest BCUT2D eigenvalue weighted by Gasteiger charge is -2.15. The van der Waals surface area contributed by atoms with Crippen LogP contribution in [0.2, 0.25) is 0 Å². The van der Waals surface area contributed by atoms with Gasteiger partial charge in [0.05, 0.1) is 17.7 Å². The predicted molar refractivity (Wildman–Crippen MR) is 116 cm³/mol. The number of sulfonamides is 2. The lowest BCUT2D eigenvalue weighted by atomic mass is 10.2. The second kappa shape index (κ2) is 9.94. The number of anilines is 2. The van der Waals surface area contributed by atoms with Crippen molar-refractivity contribution >= 4 is 49.1 Å². The lowest BCUT2D eigenvalue weighted by molar-refractivity contribution is -0.116. The van der Waals surface area contributed by atoms with Gasteiger partial charge in [-0.1, -0.05) is 17.8 Å². The van der Waals surface area contributed by atoms with E-state index in [2.05, 4.69) is 10.0 Å². The quantitative estimate of drug-likeness (QED) is 0.520. The average Bonchev–Trinajstić information content (AvgIpc) is 2.63. The van der Waals surface area contributed by atoms with Gasteiger partial charge in [-0.2, -0.15) is 13.1 Å². The Morgan fingerprint density at radius 1 is 1.06 bits per heavy atom. The molecule has 0 bridgehead atoms. The minimum Gasteiger partial charge on any atom is -0.325 e. The Hall–Kier alpha value is -2.22. The molecule has 0 aliphatic rings. The van der Waals surface area contributed by atoms with Gasteiger partial charge < -0.3 is 5.32 Å². The zero-order valence-corrected chi connectivity index (χ0v) is 19.2. The van der Waals surface area contributed by atoms with Crippen LogP contribution in [-0.2, 0) is 24.8 Å². The molecule has 8 nitrogen and oxygen atoms in total. The Balaban J connectivity index is 2.18. The SMILES string of the molecule is Cc1ccc(NC(=O)CN(C)S(C)(=O)=O)cc1S(=O)(=O)Nc1ccc(SC(F)F)cc1. The number of carbonyl (C=O) groups is 1. The van der Waals surface area contributed by atoms with Gasteiger partial charge in [-0.25, -0.2) is 16.8 Å². The summed E-state index contributed by atoms with van der Waals surface area (Å²) >= 11 is 0.345. The van der Waals surface area contributed by atoms with Crippen LogP contribution in [0.15, 0.2) is 52.3 Å². The summed E-state index contributed by atoms with van der Waals surface area (Å²) in [5.74, 6) is -3.22. The Morgan fingerprint density at radius 2 is 1.65 bits per heavy atom. The van der Waals surface area contributed by atoms with E-state index in [9.17, 15) is 30.4 Å². The highest BCUT2D eigenvalue weighted by Gasteiger charge is 2.20. The van der Waals surface area contributed by atoms with E-state index in [1.807, 2.05) is 0 Å². The van der Waals surface area contributed by atoms with Crippen molar-refractivity contribution in [1.82, 2.24) is 4.31 Å². The van der Waals surface area contributed by atoms with Gasteiger partial charge in [0.25, 0.3) is 15.8 Å². The smallest absolute Gasteiger partial charge is 0.288 e. The summed E-state index contributed by atoms with van der Waals surface area (Å²) in [7, 11) is -6.35. The van der Waals surface area contributed by atoms with Crippen LogP contribution in [0.5, 0.6) is 0 Å². The normalized spacial score (nSPS) is 12.2. The molecule has 0 saturated heterocycles. The van der Waals surface area contributed by atoms with Crippen molar-refractivity contribution in [3.05, 3.63) is 48.0 Å². The first-order chi connectivity index (χ1) is 14.3. The Kier molecular flexibility index (Phi) is 8.03. The Bertz CT molecular complexity index is 1150. The molecule has 2 aromatic rings. The second-order valence-corrected chi connectivity index (χ2v) is 11.4. The molecule has 0 radical (unpaired) electrons. The fourth-order valence-electron chi connectivity index (χ4n) is 2.40. The van der Waals surface area contributed by atoms with E-state index >= 15 is 0 Å². The van der Waals surface area contributed by atoms with Crippen LogP contribution >= 0.6 is 11.8 Å². The molecular weight excluding hydrogens is 472 g/mol. The number of halogens is 2. The number of hydrogen-bond acceptors (Lipinski definition) is 6. The molecule has 0 unspecified atom stereocenters. The lowest BCUT2D eigenvalue weighted by Crippen LogP contribution is -2.34. The maximum absolute atomic E-state index is 12.8. The second-order valence-electron chi connectivity index (χ2n) is 6.56. The highest BCUT2D eigenvalue weighted by atomic mass is 32.2. The summed E-state index contributed by atoms with van der Waals surface area (Å²) in [4.78, 5) is 12.3. The van der Waals surface area contributed by atoms with Gasteiger partial charge >= 0.3 is 0 Å². The van der Waals surface area contributed by atoms with E-state index < -0.39 is 38.3 Å². The standard InChI is InChI=1S/C18H21F2N3O5S3/c1-12-4-5-14(21-17(24)11-23(2)30(3,25)26)10-16(12)31(27,28)22-13-6-8-15(9-7-13)29-18(19)20/h4-10,18,22H,11H2,1-3H3,(H,21,24). The number of thioether (sulfide) groups is 1. The molecule has 0 saturated carbocycles. The number of nitrogens with zero attached hydrogens (tertiary/aromatic N) is 1. The summed E-state index contributed by atoms with van der Waals surface area (Å²) in [6.45, 7) is 1.13. The maximum Gasteiger partial charge on any atom is 0.288 e. The molecule has 0 atom stereocenters. The minimum absolute atomic E-state index is 0.104. The number of rotatable bonds is 9. The number of hydrogen-bond donors (Lipinski definition) is 2. The van der Waals surface area contributed by atoms with Gasteiger partial charge in [0.15, 0.2) is 0 Å². The van der Waals surface area contributed by atoms with Crippen molar-refractivity contribution < 1.29 is 30.4 Å². The number of aryl methyl sites for hydroxylation is 1. The van der Waals surface area contributed by atoms with E-state index in [1.165, 1.54) is 49.5 Å². The number of carbonyl (C=O) groups excluding carboxylic acids is 1. The molecule has 0 aliphatic heterocycles. The maximum atomic E-state index is 12.8. The molecule has 13 heteroatoms. The number of amides is 1. The first-order valence-electron chi connectivity index (χ1n) is 8.67. The van der Waals surface area contributed by atoms with Gasteiger partial charge in [-0.3, -0.25) is 9.52 Å². The highest BCUT2D eigenvalue weighted by molar-refractivity contribution is 7.99. The molecule has 0 spiro atoms. The first-order valence-corrected chi connectivity index (χ1v) is 12.9. The first kappa shape index (κ1) is 25.0. The van der Waals surface area contributed by atoms with Crippen LogP contribution in [0.3, 0.4) is 0 Å². The third-order valence-electron chi connectivity index (χ3n) is 4.03. The topological polar surface area (TPSA) is 113 Å². The molecule has 170 valence electrons. The molecule has 2 aromatic carbocycles. The third kappa shape index (κ3) is 7.45. The Labute approximate surface area is 184 Å². The molecule has 0 heterocycles. The van der Waals surface area contributed by atoms with Gasteiger partial charge in [0, 0.05) is 23.3 Å². The van der Waals surface area contributed by atoms with Crippen LogP contribution in [-0.4, -0.2) is 52.7 Å². The monoisotopic (exact) mass is 493 g/mol. The molecule has 2 N–H and O–H groups in total. The largest absolute Gasteiger partial charge is 0.325 e. The Morgan fingerprint density at radius 3 is 2.19 bits per heavy atom. The fourth-order valence-corrected chi connectivity index (χ4v) is 4.58. The zero-order chi connectivity index (χ0) is 23.4. The number of likely N-dealkylation sites (N-methyl/N-ethyl adjacent to an activating group) is 1. The van der Waals surface area contributed by atoms with E-state index in [0.717, 1.165) is 10.6 Å². The average molecular weight is 494 g/mol. The minimum atomic E-state index is -4.05. The number of benzene rings is 2. The summed E-state index contributed by atoms with van der Waals surface area (Å²) in [6, 6.07) is 9.70. The molecule has 31 heavy (non-hydrogen) atoms. The molecule has 0 aliphatic carbocycles. The van der Waals surface area contributed by atoms with Crippen LogP contribution in [0, 0.1) is 6.92 Å². The summed E-state index contributed by atoms with van der Waals surface area (Å²) < 4.78 is 76.4. The highest BCUT2D eigenvalue weighted by Crippen LogP contribution is 2.28. The van der Waals surface area contributed by atoms with Gasteiger partial charge in [-0.05, 0) is 48.9 Å². The van der Waals surface area contributed by atoms with Crippen molar-refractivity contribution in [2.24, 2.45) is 0 Å². The molecule has 0 fully saturated rings. The van der Waals surface area contributed by atoms with Gasteiger partial charge in [-0.15, -0.1) is 0 Å². The van der Waals surface area contributed by atoms with E-state index in [4.69, 9.17) is 0 Å². The molecular formula is C18H21F2N3O5S3. The fraction of sp³-hybridized carbons (Fsp3) is 0.278. The van der Waals surface area contributed by atoms with Crippen LogP contribution in [0.4, 0.5) is 20.2 Å². The predicted octanol–water partition coefficient (Wildman–Crippen LogP) is 2.94. The summed E-state index contributed by atoms with van der Waals surface area (Å²) in [5.41, 5.74) is 0.757. The number of nitrogens with one attached hydrogen (secondary N) is 2. The summed E-state index contributed by atoms with van der Waals surface area (Å²) in [6.07, 6.45) is 0.960. The van der Waals surface area contributed by atoms with Crippen molar-refractivity contribution in [3.63, 3.8) is 0 Å².